The predicted octanol–water partition coefficient (Wildman–Crippen LogP) is 2.97. The third kappa shape index (κ3) is 3.38. The van der Waals surface area contributed by atoms with Crippen LogP contribution < -0.4 is 5.43 Å². The summed E-state index contributed by atoms with van der Waals surface area (Å²) in [4.78, 5) is 10.7. The molecular weight excluding hydrogens is 247 g/mol. The van der Waals surface area contributed by atoms with E-state index in [2.05, 4.69) is 10.5 Å². The predicted molar refractivity (Wildman–Crippen MR) is 71.0 cm³/mol. The van der Waals surface area contributed by atoms with Gasteiger partial charge in [0.05, 0.1) is 17.5 Å². The van der Waals surface area contributed by atoms with E-state index < -0.39 is 5.97 Å². The number of carboxylic acid groups (broad SMARTS) is 1. The van der Waals surface area contributed by atoms with Gasteiger partial charge in [0.15, 0.2) is 0 Å². The number of hydrogen-bond donors (Lipinski definition) is 2. The van der Waals surface area contributed by atoms with Crippen molar-refractivity contribution in [2.75, 3.05) is 5.43 Å². The molecule has 0 atom stereocenters. The second-order valence-corrected chi connectivity index (χ2v) is 3.77. The lowest BCUT2D eigenvalue weighted by molar-refractivity contribution is 0.0697. The van der Waals surface area contributed by atoms with Crippen LogP contribution in [0.3, 0.4) is 0 Å². The van der Waals surface area contributed by atoms with Gasteiger partial charge < -0.3 is 5.11 Å². The molecule has 2 N–H and O–H groups in total. The molecule has 0 saturated heterocycles. The average molecular weight is 258 g/mol. The summed E-state index contributed by atoms with van der Waals surface area (Å²) in [5, 5.41) is 12.6. The highest BCUT2D eigenvalue weighted by atomic mass is 19.1. The Balaban J connectivity index is 2.03. The Kier molecular flexibility index (Phi) is 3.87. The van der Waals surface area contributed by atoms with Crippen molar-refractivity contribution in [3.8, 4) is 0 Å². The fourth-order valence-corrected chi connectivity index (χ4v) is 1.44. The molecule has 0 heterocycles. The number of aromatic carboxylic acids is 1. The summed E-state index contributed by atoms with van der Waals surface area (Å²) in [6.45, 7) is 0. The number of anilines is 1. The van der Waals surface area contributed by atoms with Gasteiger partial charge in [0.2, 0.25) is 0 Å². The SMILES string of the molecule is O=C(O)c1ccc(N/N=C/c2ccccc2F)cc1. The third-order valence-electron chi connectivity index (χ3n) is 2.43. The molecule has 2 aromatic carbocycles. The van der Waals surface area contributed by atoms with E-state index in [-0.39, 0.29) is 11.4 Å². The van der Waals surface area contributed by atoms with Crippen LogP contribution in [0.2, 0.25) is 0 Å². The van der Waals surface area contributed by atoms with Crippen molar-refractivity contribution < 1.29 is 14.3 Å². The van der Waals surface area contributed by atoms with Crippen LogP contribution in [0.25, 0.3) is 0 Å². The Bertz CT molecular complexity index is 609. The van der Waals surface area contributed by atoms with Crippen molar-refractivity contribution in [3.63, 3.8) is 0 Å². The zero-order valence-corrected chi connectivity index (χ0v) is 9.88. The van der Waals surface area contributed by atoms with Gasteiger partial charge in [-0.25, -0.2) is 9.18 Å². The summed E-state index contributed by atoms with van der Waals surface area (Å²) in [5.74, 6) is -1.34. The van der Waals surface area contributed by atoms with E-state index in [1.165, 1.54) is 24.4 Å². The van der Waals surface area contributed by atoms with E-state index >= 15 is 0 Å². The van der Waals surface area contributed by atoms with Crippen LogP contribution in [0, 0.1) is 5.82 Å². The van der Waals surface area contributed by atoms with Crippen LogP contribution in [0.15, 0.2) is 53.6 Å². The first-order valence-electron chi connectivity index (χ1n) is 5.54. The minimum atomic E-state index is -0.985. The monoisotopic (exact) mass is 258 g/mol. The summed E-state index contributed by atoms with van der Waals surface area (Å²) in [6, 6.07) is 12.4. The quantitative estimate of drug-likeness (QED) is 0.654. The van der Waals surface area contributed by atoms with Gasteiger partial charge >= 0.3 is 5.97 Å². The Morgan fingerprint density at radius 2 is 1.84 bits per heavy atom. The van der Waals surface area contributed by atoms with Crippen molar-refractivity contribution in [2.24, 2.45) is 5.10 Å². The summed E-state index contributed by atoms with van der Waals surface area (Å²) >= 11 is 0. The lowest BCUT2D eigenvalue weighted by Gasteiger charge is -2.01. The van der Waals surface area contributed by atoms with E-state index in [0.717, 1.165) is 0 Å². The number of hydrogen-bond acceptors (Lipinski definition) is 3. The second-order valence-electron chi connectivity index (χ2n) is 3.77. The number of nitrogens with zero attached hydrogens (tertiary/aromatic N) is 1. The molecule has 19 heavy (non-hydrogen) atoms. The topological polar surface area (TPSA) is 61.7 Å². The highest BCUT2D eigenvalue weighted by Gasteiger charge is 2.00. The number of benzene rings is 2. The molecule has 0 aliphatic rings. The zero-order chi connectivity index (χ0) is 13.7. The molecule has 5 heteroatoms. The number of carbonyl (C=O) groups is 1. The Hall–Kier alpha value is -2.69. The van der Waals surface area contributed by atoms with Crippen LogP contribution in [0.1, 0.15) is 15.9 Å². The summed E-state index contributed by atoms with van der Waals surface area (Å²) in [7, 11) is 0. The van der Waals surface area contributed by atoms with E-state index in [1.54, 1.807) is 30.3 Å². The van der Waals surface area contributed by atoms with Gasteiger partial charge in [-0.15, -0.1) is 0 Å². The molecule has 0 spiro atoms. The van der Waals surface area contributed by atoms with Gasteiger partial charge in [-0.2, -0.15) is 5.10 Å². The Morgan fingerprint density at radius 1 is 1.16 bits per heavy atom. The minimum absolute atomic E-state index is 0.198. The van der Waals surface area contributed by atoms with Crippen LogP contribution in [0.4, 0.5) is 10.1 Å². The molecule has 0 unspecified atom stereocenters. The molecule has 96 valence electrons. The largest absolute Gasteiger partial charge is 0.478 e. The molecule has 2 aromatic rings. The highest BCUT2D eigenvalue weighted by Crippen LogP contribution is 2.09. The van der Waals surface area contributed by atoms with E-state index in [9.17, 15) is 9.18 Å². The lowest BCUT2D eigenvalue weighted by Crippen LogP contribution is -1.97. The normalized spacial score (nSPS) is 10.6. The molecule has 0 aromatic heterocycles. The van der Waals surface area contributed by atoms with Crippen molar-refractivity contribution >= 4 is 17.9 Å². The fraction of sp³-hybridized carbons (Fsp3) is 0. The van der Waals surface area contributed by atoms with Crippen LogP contribution >= 0.6 is 0 Å². The fourth-order valence-electron chi connectivity index (χ4n) is 1.44. The highest BCUT2D eigenvalue weighted by molar-refractivity contribution is 5.88. The average Bonchev–Trinajstić information content (AvgIpc) is 2.41. The molecule has 4 nitrogen and oxygen atoms in total. The van der Waals surface area contributed by atoms with Crippen molar-refractivity contribution in [3.05, 3.63) is 65.5 Å². The number of hydrazone groups is 1. The smallest absolute Gasteiger partial charge is 0.335 e. The molecule has 2 rings (SSSR count). The maximum absolute atomic E-state index is 13.3. The van der Waals surface area contributed by atoms with Crippen LogP contribution in [-0.4, -0.2) is 17.3 Å². The molecule has 0 bridgehead atoms. The maximum atomic E-state index is 13.3. The summed E-state index contributed by atoms with van der Waals surface area (Å²) in [5.41, 5.74) is 3.89. The molecule has 0 saturated carbocycles. The first kappa shape index (κ1) is 12.8. The number of halogens is 1. The Labute approximate surface area is 109 Å². The third-order valence-corrected chi connectivity index (χ3v) is 2.43. The van der Waals surface area contributed by atoms with Gasteiger partial charge in [-0.1, -0.05) is 18.2 Å². The molecule has 0 radical (unpaired) electrons. The van der Waals surface area contributed by atoms with Gasteiger partial charge in [0.25, 0.3) is 0 Å². The summed E-state index contributed by atoms with van der Waals surface area (Å²) < 4.78 is 13.3. The van der Waals surface area contributed by atoms with E-state index in [4.69, 9.17) is 5.11 Å². The van der Waals surface area contributed by atoms with Crippen LogP contribution in [-0.2, 0) is 0 Å². The van der Waals surface area contributed by atoms with Crippen LogP contribution in [0.5, 0.6) is 0 Å². The first-order valence-corrected chi connectivity index (χ1v) is 5.54. The van der Waals surface area contributed by atoms with Crippen molar-refractivity contribution in [1.82, 2.24) is 0 Å². The molecular formula is C14H11FN2O2. The minimum Gasteiger partial charge on any atom is -0.478 e. The van der Waals surface area contributed by atoms with Crippen molar-refractivity contribution in [1.29, 1.82) is 0 Å². The van der Waals surface area contributed by atoms with Gasteiger partial charge in [-0.3, -0.25) is 5.43 Å². The first-order chi connectivity index (χ1) is 9.16. The summed E-state index contributed by atoms with van der Waals surface area (Å²) in [6.07, 6.45) is 1.36. The van der Waals surface area contributed by atoms with E-state index in [0.29, 0.717) is 11.3 Å². The molecule has 0 aliphatic carbocycles. The molecule has 0 amide bonds. The van der Waals surface area contributed by atoms with Gasteiger partial charge in [0, 0.05) is 5.56 Å². The lowest BCUT2D eigenvalue weighted by atomic mass is 10.2. The van der Waals surface area contributed by atoms with E-state index in [1.807, 2.05) is 0 Å². The Morgan fingerprint density at radius 3 is 2.47 bits per heavy atom. The van der Waals surface area contributed by atoms with Gasteiger partial charge in [0.1, 0.15) is 5.82 Å². The van der Waals surface area contributed by atoms with Gasteiger partial charge in [-0.05, 0) is 30.3 Å². The zero-order valence-electron chi connectivity index (χ0n) is 9.88. The number of rotatable bonds is 4. The number of carboxylic acids is 1. The standard InChI is InChI=1S/C14H11FN2O2/c15-13-4-2-1-3-11(13)9-16-17-12-7-5-10(6-8-12)14(18)19/h1-9,17H,(H,18,19)/b16-9+. The maximum Gasteiger partial charge on any atom is 0.335 e. The van der Waals surface area contributed by atoms with Crippen molar-refractivity contribution in [2.45, 2.75) is 0 Å². The molecule has 0 fully saturated rings. The number of nitrogens with one attached hydrogen (secondary N) is 1. The second kappa shape index (κ2) is 5.77. The molecule has 0 aliphatic heterocycles.